The molecular formula is C81H123Cl6N9O3. The van der Waals surface area contributed by atoms with Crippen LogP contribution in [-0.4, -0.2) is 199 Å². The number of carbonyl (C=O) groups excluding carboxylic acids is 3. The molecule has 6 saturated heterocycles. The van der Waals surface area contributed by atoms with Gasteiger partial charge in [-0.15, -0.1) is 0 Å². The van der Waals surface area contributed by atoms with E-state index in [1.807, 2.05) is 18.2 Å². The molecule has 3 aromatic rings. The number of carbonyl (C=O) groups is 3. The van der Waals surface area contributed by atoms with Crippen LogP contribution in [0, 0.1) is 51.8 Å². The normalized spacial score (nSPS) is 24.8. The Morgan fingerprint density at radius 3 is 0.768 bits per heavy atom. The van der Waals surface area contributed by atoms with Gasteiger partial charge in [0.15, 0.2) is 0 Å². The second kappa shape index (κ2) is 34.9. The minimum absolute atomic E-state index is 0.0306. The van der Waals surface area contributed by atoms with Crippen molar-refractivity contribution in [2.75, 3.05) is 119 Å². The molecule has 6 atom stereocenters. The average molecular weight is 1480 g/mol. The summed E-state index contributed by atoms with van der Waals surface area (Å²) < 4.78 is 0. The zero-order chi connectivity index (χ0) is 71.3. The van der Waals surface area contributed by atoms with Crippen molar-refractivity contribution in [2.24, 2.45) is 51.8 Å². The third-order valence-electron chi connectivity index (χ3n) is 24.2. The van der Waals surface area contributed by atoms with Gasteiger partial charge in [-0.2, -0.15) is 0 Å². The highest BCUT2D eigenvalue weighted by molar-refractivity contribution is 6.43. The molecule has 3 aliphatic carbocycles. The van der Waals surface area contributed by atoms with E-state index >= 15 is 0 Å². The van der Waals surface area contributed by atoms with Gasteiger partial charge in [0.05, 0.1) is 30.1 Å². The van der Waals surface area contributed by atoms with E-state index in [9.17, 15) is 14.4 Å². The maximum atomic E-state index is 13.5. The lowest BCUT2D eigenvalue weighted by atomic mass is 9.82. The molecule has 0 aromatic heterocycles. The predicted octanol–water partition coefficient (Wildman–Crippen LogP) is 18.4. The van der Waals surface area contributed by atoms with Crippen molar-refractivity contribution in [3.05, 3.63) is 101 Å². The summed E-state index contributed by atoms with van der Waals surface area (Å²) in [6.45, 7) is 35.2. The molecule has 0 spiro atoms. The molecule has 3 aromatic carbocycles. The van der Waals surface area contributed by atoms with Crippen LogP contribution >= 0.6 is 69.6 Å². The number of piperidine rings is 3. The topological polar surface area (TPSA) is 80.4 Å². The van der Waals surface area contributed by atoms with Gasteiger partial charge in [-0.25, -0.2) is 0 Å². The van der Waals surface area contributed by atoms with E-state index in [1.165, 1.54) is 74.5 Å². The third-order valence-corrected chi connectivity index (χ3v) is 26.4. The molecule has 0 N–H and O–H groups in total. The summed E-state index contributed by atoms with van der Waals surface area (Å²) >= 11 is 37.9. The van der Waals surface area contributed by atoms with Crippen molar-refractivity contribution in [2.45, 2.75) is 214 Å². The molecule has 0 radical (unpaired) electrons. The number of halogens is 6. The number of rotatable bonds is 18. The van der Waals surface area contributed by atoms with E-state index in [2.05, 4.69) is 164 Å². The molecule has 9 fully saturated rings. The quantitative estimate of drug-likeness (QED) is 0.124. The largest absolute Gasteiger partial charge is 0.337 e. The van der Waals surface area contributed by atoms with Crippen molar-refractivity contribution in [3.63, 3.8) is 0 Å². The Kier molecular flexibility index (Phi) is 27.9. The van der Waals surface area contributed by atoms with Crippen molar-refractivity contribution < 1.29 is 14.4 Å². The molecule has 6 aliphatic heterocycles. The molecule has 6 heterocycles. The first-order chi connectivity index (χ1) is 46.8. The first-order valence-corrected chi connectivity index (χ1v) is 40.6. The standard InChI is InChI=1S/3C27H41Cl2N3O/c3*1-27(2,3)25-18-31(13-14-32(25)26(33)16-20-9-11-30(4)12-10-20)24(15-19-5-6-19)21-7-8-22(28)23(29)17-21/h3*7-8,17,19-20,24-25H,5-6,9-16,18H2,1-4H3/t3*24?,25-/m111/s1. The fourth-order valence-electron chi connectivity index (χ4n) is 16.9. The monoisotopic (exact) mass is 1480 g/mol. The molecule has 3 saturated carbocycles. The Bertz CT molecular complexity index is 2810. The number of likely N-dealkylation sites (tertiary alicyclic amines) is 3. The fraction of sp³-hybridized carbons (Fsp3) is 0.741. The molecule has 12 nitrogen and oxygen atoms in total. The summed E-state index contributed by atoms with van der Waals surface area (Å²) in [5.41, 5.74) is 3.87. The summed E-state index contributed by atoms with van der Waals surface area (Å²) in [5.74, 6) is 5.10. The molecule has 9 aliphatic rings. The molecule has 18 heteroatoms. The molecular weight excluding hydrogens is 1360 g/mol. The SMILES string of the molecule is CN1CCC(CC(=O)N2CCN(C(CC3CC3)c3ccc(Cl)c(Cl)c3)C[C@@H]2C(C)(C)C)CC1.CN1CCC(CC(=O)N2CCN(C(CC3CC3)c3ccc(Cl)c(Cl)c3)C[C@@H]2C(C)(C)C)CC1.CN1CCC(CC(=O)N2CCN(C(CC3CC3)c3ccc(Cl)c(Cl)c3)C[C@@H]2C(C)(C)C)CC1. The first-order valence-electron chi connectivity index (χ1n) is 38.4. The van der Waals surface area contributed by atoms with Crippen LogP contribution in [-0.2, 0) is 14.4 Å². The van der Waals surface area contributed by atoms with E-state index in [1.54, 1.807) is 0 Å². The van der Waals surface area contributed by atoms with Gasteiger partial charge in [-0.3, -0.25) is 29.1 Å². The number of benzene rings is 3. The van der Waals surface area contributed by atoms with Gasteiger partial charge in [0.25, 0.3) is 0 Å². The number of nitrogens with zero attached hydrogens (tertiary/aromatic N) is 9. The summed E-state index contributed by atoms with van der Waals surface area (Å²) in [6, 6.07) is 20.1. The van der Waals surface area contributed by atoms with E-state index in [4.69, 9.17) is 69.6 Å². The molecule has 552 valence electrons. The van der Waals surface area contributed by atoms with Gasteiger partial charge in [0.1, 0.15) is 0 Å². The second-order valence-electron chi connectivity index (χ2n) is 35.3. The van der Waals surface area contributed by atoms with Crippen LogP contribution in [0.25, 0.3) is 0 Å². The fourth-order valence-corrected chi connectivity index (χ4v) is 17.8. The smallest absolute Gasteiger partial charge is 0.223 e. The predicted molar refractivity (Wildman–Crippen MR) is 414 cm³/mol. The van der Waals surface area contributed by atoms with Crippen molar-refractivity contribution in [3.8, 4) is 0 Å². The zero-order valence-electron chi connectivity index (χ0n) is 62.5. The van der Waals surface area contributed by atoms with Gasteiger partial charge in [0.2, 0.25) is 17.7 Å². The summed E-state index contributed by atoms with van der Waals surface area (Å²) in [4.78, 5) is 62.1. The van der Waals surface area contributed by atoms with Gasteiger partial charge >= 0.3 is 0 Å². The van der Waals surface area contributed by atoms with Crippen molar-refractivity contribution >= 4 is 87.3 Å². The number of amides is 3. The lowest BCUT2D eigenvalue weighted by Gasteiger charge is -2.50. The van der Waals surface area contributed by atoms with Crippen LogP contribution in [0.2, 0.25) is 30.1 Å². The minimum Gasteiger partial charge on any atom is -0.337 e. The van der Waals surface area contributed by atoms with Gasteiger partial charge in [-0.05, 0) is 223 Å². The van der Waals surface area contributed by atoms with E-state index < -0.39 is 0 Å². The Balaban J connectivity index is 0.000000161. The van der Waals surface area contributed by atoms with Crippen LogP contribution in [0.15, 0.2) is 54.6 Å². The summed E-state index contributed by atoms with van der Waals surface area (Å²) in [5, 5.41) is 3.74. The molecule has 3 amide bonds. The van der Waals surface area contributed by atoms with Crippen LogP contribution < -0.4 is 0 Å². The highest BCUT2D eigenvalue weighted by Crippen LogP contribution is 2.47. The summed E-state index contributed by atoms with van der Waals surface area (Å²) in [6.07, 6.45) is 20.4. The Labute approximate surface area is 628 Å². The maximum absolute atomic E-state index is 13.5. The van der Waals surface area contributed by atoms with Crippen molar-refractivity contribution in [1.82, 2.24) is 44.1 Å². The van der Waals surface area contributed by atoms with Gasteiger partial charge in [0, 0.05) is 114 Å². The van der Waals surface area contributed by atoms with Gasteiger partial charge < -0.3 is 29.4 Å². The molecule has 12 rings (SSSR count). The van der Waals surface area contributed by atoms with Crippen molar-refractivity contribution in [1.29, 1.82) is 0 Å². The number of hydrogen-bond donors (Lipinski definition) is 0. The number of hydrogen-bond acceptors (Lipinski definition) is 9. The first kappa shape index (κ1) is 79.1. The lowest BCUT2D eigenvalue weighted by Crippen LogP contribution is -2.60. The highest BCUT2D eigenvalue weighted by Gasteiger charge is 2.46. The van der Waals surface area contributed by atoms with Gasteiger partial charge in [-0.1, -0.05) is 189 Å². The Morgan fingerprint density at radius 2 is 0.566 bits per heavy atom. The van der Waals surface area contributed by atoms with E-state index in [-0.39, 0.29) is 34.4 Å². The lowest BCUT2D eigenvalue weighted by molar-refractivity contribution is -0.142. The van der Waals surface area contributed by atoms with Crippen LogP contribution in [0.4, 0.5) is 0 Å². The molecule has 0 bridgehead atoms. The van der Waals surface area contributed by atoms with Crippen LogP contribution in [0.3, 0.4) is 0 Å². The Morgan fingerprint density at radius 1 is 0.333 bits per heavy atom. The van der Waals surface area contributed by atoms with Crippen LogP contribution in [0.5, 0.6) is 0 Å². The third kappa shape index (κ3) is 22.6. The zero-order valence-corrected chi connectivity index (χ0v) is 67.0. The second-order valence-corrected chi connectivity index (χ2v) is 37.8. The Hall–Kier alpha value is -2.43. The van der Waals surface area contributed by atoms with E-state index in [0.717, 1.165) is 154 Å². The molecule has 3 unspecified atom stereocenters. The number of piperazine rings is 3. The minimum atomic E-state index is 0.0306. The average Bonchev–Trinajstić information content (AvgIpc) is 1.66. The van der Waals surface area contributed by atoms with E-state index in [0.29, 0.717) is 103 Å². The highest BCUT2D eigenvalue weighted by atomic mass is 35.5. The maximum Gasteiger partial charge on any atom is 0.223 e. The molecule has 99 heavy (non-hydrogen) atoms. The van der Waals surface area contributed by atoms with Crippen LogP contribution in [0.1, 0.15) is 213 Å². The summed E-state index contributed by atoms with van der Waals surface area (Å²) in [7, 11) is 6.54.